The Balaban J connectivity index is 0.00000441. The van der Waals surface area contributed by atoms with Crippen molar-refractivity contribution in [1.82, 2.24) is 0 Å². The van der Waals surface area contributed by atoms with Crippen LogP contribution in [0.15, 0.2) is 18.2 Å². The van der Waals surface area contributed by atoms with Crippen LogP contribution in [0, 0.1) is 0 Å². The number of rotatable bonds is 4. The minimum atomic E-state index is -2.71. The molecule has 0 aromatic heterocycles. The van der Waals surface area contributed by atoms with Gasteiger partial charge in [-0.05, 0) is 25.1 Å². The Labute approximate surface area is 110 Å². The standard InChI is InChI=1S/C11H17NO3.ClH/c1-7(12)11(13)9-6-8(14-2)4-5-10(9)15-3;/h4-7,11,13H,12H2,1-3H3;1H/i2+1D3,3+1D3;. The van der Waals surface area contributed by atoms with Gasteiger partial charge in [-0.25, -0.2) is 0 Å². The van der Waals surface area contributed by atoms with Gasteiger partial charge in [0.15, 0.2) is 0 Å². The highest BCUT2D eigenvalue weighted by atomic mass is 35.5. The molecule has 0 aliphatic carbocycles. The Hall–Kier alpha value is -0.970. The zero-order valence-corrected chi connectivity index (χ0v) is 9.45. The van der Waals surface area contributed by atoms with Crippen LogP contribution in [0.25, 0.3) is 0 Å². The van der Waals surface area contributed by atoms with Crippen molar-refractivity contribution in [2.75, 3.05) is 14.1 Å². The predicted octanol–water partition coefficient (Wildman–Crippen LogP) is 1.51. The molecule has 0 aliphatic rings. The van der Waals surface area contributed by atoms with Crippen LogP contribution in [0.5, 0.6) is 11.5 Å². The molecule has 0 heterocycles. The molecule has 2 atom stereocenters. The van der Waals surface area contributed by atoms with Crippen molar-refractivity contribution in [3.05, 3.63) is 23.8 Å². The van der Waals surface area contributed by atoms with E-state index < -0.39 is 26.2 Å². The van der Waals surface area contributed by atoms with Gasteiger partial charge < -0.3 is 20.3 Å². The van der Waals surface area contributed by atoms with E-state index in [4.69, 9.17) is 23.4 Å². The number of halogens is 1. The lowest BCUT2D eigenvalue weighted by Crippen LogP contribution is -2.24. The van der Waals surface area contributed by atoms with Gasteiger partial charge in [0.2, 0.25) is 0 Å². The summed E-state index contributed by atoms with van der Waals surface area (Å²) in [5, 5.41) is 10.0. The van der Waals surface area contributed by atoms with Gasteiger partial charge in [-0.3, -0.25) is 0 Å². The second-order valence-corrected chi connectivity index (χ2v) is 3.21. The van der Waals surface area contributed by atoms with Crippen molar-refractivity contribution in [2.24, 2.45) is 5.73 Å². The molecule has 0 bridgehead atoms. The highest BCUT2D eigenvalue weighted by Crippen LogP contribution is 2.30. The highest BCUT2D eigenvalue weighted by molar-refractivity contribution is 5.85. The quantitative estimate of drug-likeness (QED) is 0.801. The van der Waals surface area contributed by atoms with E-state index in [1.54, 1.807) is 0 Å². The number of ether oxygens (including phenoxy) is 2. The van der Waals surface area contributed by atoms with E-state index in [1.807, 2.05) is 0 Å². The Bertz CT molecular complexity index is 492. The zero-order chi connectivity index (χ0) is 16.4. The number of hydrogen-bond acceptors (Lipinski definition) is 4. The Morgan fingerprint density at radius 2 is 2.06 bits per heavy atom. The molecule has 92 valence electrons. The lowest BCUT2D eigenvalue weighted by Gasteiger charge is -2.18. The van der Waals surface area contributed by atoms with Gasteiger partial charge in [-0.2, -0.15) is 0 Å². The molecule has 0 aliphatic heterocycles. The van der Waals surface area contributed by atoms with Crippen LogP contribution in [-0.2, 0) is 0 Å². The SMILES string of the molecule is Cl.[2H][13C]([2H])([2H])Oc1ccc(O[13C]([2H])([2H])[2H])c(C(O)C(C)N)c1. The maximum atomic E-state index is 10.0. The average molecular weight is 256 g/mol. The second kappa shape index (κ2) is 6.58. The van der Waals surface area contributed by atoms with Gasteiger partial charge in [-0.15, -0.1) is 12.4 Å². The molecule has 3 N–H and O–H groups in total. The summed E-state index contributed by atoms with van der Waals surface area (Å²) >= 11 is 0. The van der Waals surface area contributed by atoms with Gasteiger partial charge in [0.25, 0.3) is 0 Å². The fourth-order valence-corrected chi connectivity index (χ4v) is 1.20. The van der Waals surface area contributed by atoms with Crippen LogP contribution in [0.3, 0.4) is 0 Å². The highest BCUT2D eigenvalue weighted by Gasteiger charge is 2.17. The number of aliphatic hydroxyl groups excluding tert-OH is 1. The number of aliphatic hydroxyl groups is 1. The number of benzene rings is 1. The van der Waals surface area contributed by atoms with E-state index in [9.17, 15) is 5.11 Å². The summed E-state index contributed by atoms with van der Waals surface area (Å²) in [6.07, 6.45) is -1.23. The lowest BCUT2D eigenvalue weighted by atomic mass is 10.0. The smallest absolute Gasteiger partial charge is 0.124 e. The molecule has 4 nitrogen and oxygen atoms in total. The number of nitrogens with two attached hydrogens (primary N) is 1. The molecule has 1 aromatic carbocycles. The van der Waals surface area contributed by atoms with E-state index in [0.717, 1.165) is 0 Å². The minimum absolute atomic E-state index is 0. The second-order valence-electron chi connectivity index (χ2n) is 3.21. The Kier molecular flexibility index (Phi) is 3.03. The molecule has 5 heteroatoms. The molecule has 0 spiro atoms. The Morgan fingerprint density at radius 1 is 1.38 bits per heavy atom. The summed E-state index contributed by atoms with van der Waals surface area (Å²) in [5.74, 6) is -0.166. The first kappa shape index (κ1) is 7.37. The third-order valence-electron chi connectivity index (χ3n) is 2.03. The van der Waals surface area contributed by atoms with Gasteiger partial charge in [-0.1, -0.05) is 0 Å². The van der Waals surface area contributed by atoms with Crippen LogP contribution in [-0.4, -0.2) is 25.2 Å². The van der Waals surface area contributed by atoms with Crippen molar-refractivity contribution in [3.63, 3.8) is 0 Å². The van der Waals surface area contributed by atoms with Crippen LogP contribution in [0.2, 0.25) is 0 Å². The molecule has 0 radical (unpaired) electrons. The van der Waals surface area contributed by atoms with E-state index >= 15 is 0 Å². The fourth-order valence-electron chi connectivity index (χ4n) is 1.20. The van der Waals surface area contributed by atoms with Gasteiger partial charge in [0, 0.05) is 11.6 Å². The van der Waals surface area contributed by atoms with Gasteiger partial charge in [0.1, 0.15) is 11.5 Å². The molecular weight excluding hydrogens is 232 g/mol. The first-order valence-corrected chi connectivity index (χ1v) is 4.35. The van der Waals surface area contributed by atoms with Crippen molar-refractivity contribution in [3.8, 4) is 11.5 Å². The molecule has 1 aromatic rings. The van der Waals surface area contributed by atoms with Crippen LogP contribution >= 0.6 is 12.4 Å². The zero-order valence-electron chi connectivity index (χ0n) is 14.6. The summed E-state index contributed by atoms with van der Waals surface area (Å²) in [5.41, 5.74) is 5.62. The molecule has 16 heavy (non-hydrogen) atoms. The number of hydrogen-bond donors (Lipinski definition) is 2. The first-order chi connectivity index (χ1) is 9.39. The number of methoxy groups -OCH3 is 2. The molecule has 1 rings (SSSR count). The molecule has 0 saturated heterocycles. The first-order valence-electron chi connectivity index (χ1n) is 7.35. The summed E-state index contributed by atoms with van der Waals surface area (Å²) in [6, 6.07) is 2.94. The molecule has 0 amide bonds. The summed E-state index contributed by atoms with van der Waals surface area (Å²) in [6.45, 7) is 1.51. The molecule has 2 unspecified atom stereocenters. The predicted molar refractivity (Wildman–Crippen MR) is 65.4 cm³/mol. The van der Waals surface area contributed by atoms with E-state index in [1.165, 1.54) is 25.1 Å². The molecule has 0 fully saturated rings. The topological polar surface area (TPSA) is 64.7 Å². The fraction of sp³-hybridized carbons (Fsp3) is 0.455. The minimum Gasteiger partial charge on any atom is -0.497 e. The van der Waals surface area contributed by atoms with E-state index in [0.29, 0.717) is 0 Å². The van der Waals surface area contributed by atoms with E-state index in [-0.39, 0.29) is 29.5 Å². The maximum Gasteiger partial charge on any atom is 0.124 e. The van der Waals surface area contributed by atoms with Crippen LogP contribution < -0.4 is 15.2 Å². The average Bonchev–Trinajstić information content (AvgIpc) is 2.26. The summed E-state index contributed by atoms with van der Waals surface area (Å²) in [4.78, 5) is 0. The lowest BCUT2D eigenvalue weighted by molar-refractivity contribution is 0.149. The van der Waals surface area contributed by atoms with Crippen molar-refractivity contribution in [1.29, 1.82) is 0 Å². The largest absolute Gasteiger partial charge is 0.497 e. The third kappa shape index (κ3) is 3.27. The molecular formula is C11H18ClNO3. The monoisotopic (exact) mass is 255 g/mol. The summed E-state index contributed by atoms with van der Waals surface area (Å²) < 4.78 is 51.9. The van der Waals surface area contributed by atoms with Crippen LogP contribution in [0.1, 0.15) is 26.8 Å². The van der Waals surface area contributed by atoms with Crippen molar-refractivity contribution >= 4 is 12.4 Å². The van der Waals surface area contributed by atoms with Crippen molar-refractivity contribution < 1.29 is 22.8 Å². The Morgan fingerprint density at radius 3 is 2.62 bits per heavy atom. The maximum absolute atomic E-state index is 10.0. The third-order valence-corrected chi connectivity index (χ3v) is 2.03. The normalized spacial score (nSPS) is 20.7. The van der Waals surface area contributed by atoms with E-state index in [2.05, 4.69) is 0 Å². The summed E-state index contributed by atoms with van der Waals surface area (Å²) in [7, 11) is -5.37. The van der Waals surface area contributed by atoms with Gasteiger partial charge in [0.05, 0.1) is 28.4 Å². The van der Waals surface area contributed by atoms with Crippen LogP contribution in [0.4, 0.5) is 0 Å². The van der Waals surface area contributed by atoms with Gasteiger partial charge >= 0.3 is 0 Å². The van der Waals surface area contributed by atoms with Crippen molar-refractivity contribution in [2.45, 2.75) is 19.1 Å². The molecule has 0 saturated carbocycles.